The highest BCUT2D eigenvalue weighted by Gasteiger charge is 2.11. The number of fused-ring (bicyclic) bond motifs is 1. The summed E-state index contributed by atoms with van der Waals surface area (Å²) < 4.78 is 1.37. The molecule has 4 aromatic rings. The van der Waals surface area contributed by atoms with Crippen LogP contribution in [0.2, 0.25) is 0 Å². The minimum atomic E-state index is -0.178. The Bertz CT molecular complexity index is 1130. The lowest BCUT2D eigenvalue weighted by molar-refractivity contribution is 0.878. The van der Waals surface area contributed by atoms with Gasteiger partial charge >= 0.3 is 0 Å². The Balaban J connectivity index is 1.65. The Morgan fingerprint density at radius 1 is 1.04 bits per heavy atom. The van der Waals surface area contributed by atoms with Crippen molar-refractivity contribution in [2.45, 2.75) is 20.4 Å². The van der Waals surface area contributed by atoms with E-state index in [9.17, 15) is 4.79 Å². The first-order chi connectivity index (χ1) is 12.6. The molecule has 130 valence electrons. The molecule has 4 rings (SSSR count). The predicted molar refractivity (Wildman–Crippen MR) is 102 cm³/mol. The lowest BCUT2D eigenvalue weighted by atomic mass is 10.1. The zero-order chi connectivity index (χ0) is 18.1. The van der Waals surface area contributed by atoms with E-state index in [1.54, 1.807) is 0 Å². The van der Waals surface area contributed by atoms with Crippen LogP contribution in [0.1, 0.15) is 16.8 Å². The van der Waals surface area contributed by atoms with Crippen LogP contribution in [0.5, 0.6) is 0 Å². The van der Waals surface area contributed by atoms with Gasteiger partial charge in [0.1, 0.15) is 0 Å². The number of anilines is 1. The van der Waals surface area contributed by atoms with Crippen molar-refractivity contribution in [3.8, 4) is 11.4 Å². The number of rotatable bonds is 4. The van der Waals surface area contributed by atoms with Crippen molar-refractivity contribution in [2.75, 3.05) is 5.32 Å². The van der Waals surface area contributed by atoms with E-state index < -0.39 is 0 Å². The highest BCUT2D eigenvalue weighted by molar-refractivity contribution is 5.61. The number of aromatic nitrogens is 4. The van der Waals surface area contributed by atoms with E-state index in [2.05, 4.69) is 20.4 Å². The Morgan fingerprint density at radius 2 is 1.81 bits per heavy atom. The molecule has 2 heterocycles. The Kier molecular flexibility index (Phi) is 4.01. The number of aryl methyl sites for hydroxylation is 2. The summed E-state index contributed by atoms with van der Waals surface area (Å²) in [7, 11) is 0. The van der Waals surface area contributed by atoms with Gasteiger partial charge in [-0.25, -0.2) is 4.98 Å². The van der Waals surface area contributed by atoms with Gasteiger partial charge in [0.05, 0.1) is 12.2 Å². The van der Waals surface area contributed by atoms with Gasteiger partial charge in [0.15, 0.2) is 5.82 Å². The monoisotopic (exact) mass is 345 g/mol. The first-order valence-corrected chi connectivity index (χ1v) is 8.45. The van der Waals surface area contributed by atoms with Crippen LogP contribution in [0.25, 0.3) is 17.2 Å². The van der Waals surface area contributed by atoms with Gasteiger partial charge in [0, 0.05) is 17.3 Å². The molecule has 26 heavy (non-hydrogen) atoms. The molecule has 0 aliphatic rings. The van der Waals surface area contributed by atoms with E-state index in [0.717, 1.165) is 16.8 Å². The third-order valence-electron chi connectivity index (χ3n) is 4.31. The molecule has 0 bridgehead atoms. The summed E-state index contributed by atoms with van der Waals surface area (Å²) in [4.78, 5) is 21.4. The van der Waals surface area contributed by atoms with E-state index in [0.29, 0.717) is 23.8 Å². The summed E-state index contributed by atoms with van der Waals surface area (Å²) in [5.74, 6) is 1.01. The van der Waals surface area contributed by atoms with Crippen molar-refractivity contribution >= 4 is 11.5 Å². The van der Waals surface area contributed by atoms with Crippen LogP contribution in [0, 0.1) is 13.8 Å². The third-order valence-corrected chi connectivity index (χ3v) is 4.31. The van der Waals surface area contributed by atoms with Crippen LogP contribution < -0.4 is 10.9 Å². The average molecular weight is 345 g/mol. The highest BCUT2D eigenvalue weighted by Crippen LogP contribution is 2.19. The standard InChI is InChI=1S/C20H19N5O/c1-13-7-9-15(10-8-13)21-12-16-11-18(26)25-20(22-16)23-19(24-25)17-6-4-3-5-14(17)2/h3-11,21H,12H2,1-2H3,(H,22,23,24). The van der Waals surface area contributed by atoms with Gasteiger partial charge in [-0.15, -0.1) is 0 Å². The van der Waals surface area contributed by atoms with Crippen molar-refractivity contribution in [1.29, 1.82) is 0 Å². The van der Waals surface area contributed by atoms with Gasteiger partial charge in [0.2, 0.25) is 0 Å². The van der Waals surface area contributed by atoms with E-state index in [1.165, 1.54) is 16.1 Å². The fourth-order valence-corrected chi connectivity index (χ4v) is 2.84. The topological polar surface area (TPSA) is 75.1 Å². The van der Waals surface area contributed by atoms with Crippen molar-refractivity contribution < 1.29 is 0 Å². The van der Waals surface area contributed by atoms with E-state index >= 15 is 0 Å². The predicted octanol–water partition coefficient (Wildman–Crippen LogP) is 3.31. The van der Waals surface area contributed by atoms with E-state index in [-0.39, 0.29) is 5.56 Å². The molecule has 6 nitrogen and oxygen atoms in total. The smallest absolute Gasteiger partial charge is 0.274 e. The second-order valence-corrected chi connectivity index (χ2v) is 6.33. The fourth-order valence-electron chi connectivity index (χ4n) is 2.84. The summed E-state index contributed by atoms with van der Waals surface area (Å²) in [6, 6.07) is 17.5. The molecule has 0 unspecified atom stereocenters. The molecule has 0 radical (unpaired) electrons. The van der Waals surface area contributed by atoms with Gasteiger partial charge in [-0.1, -0.05) is 42.0 Å². The van der Waals surface area contributed by atoms with E-state index in [4.69, 9.17) is 0 Å². The minimum absolute atomic E-state index is 0.178. The molecule has 6 heteroatoms. The summed E-state index contributed by atoms with van der Waals surface area (Å²) in [6.45, 7) is 4.51. The van der Waals surface area contributed by atoms with Crippen LogP contribution in [-0.4, -0.2) is 19.6 Å². The number of nitrogens with one attached hydrogen (secondary N) is 2. The quantitative estimate of drug-likeness (QED) is 0.595. The second-order valence-electron chi connectivity index (χ2n) is 6.33. The van der Waals surface area contributed by atoms with Crippen LogP contribution in [0.15, 0.2) is 59.4 Å². The first-order valence-electron chi connectivity index (χ1n) is 8.45. The SMILES string of the molecule is Cc1ccc(NCc2cc(=O)n3[nH]c(-c4ccccc4C)nc3n2)cc1. The Morgan fingerprint density at radius 3 is 2.58 bits per heavy atom. The van der Waals surface area contributed by atoms with Gasteiger partial charge < -0.3 is 5.32 Å². The molecular formula is C20H19N5O. The van der Waals surface area contributed by atoms with Crippen molar-refractivity contribution in [2.24, 2.45) is 0 Å². The zero-order valence-electron chi connectivity index (χ0n) is 14.7. The van der Waals surface area contributed by atoms with Crippen LogP contribution in [0.3, 0.4) is 0 Å². The lowest BCUT2D eigenvalue weighted by Gasteiger charge is -2.06. The molecule has 2 N–H and O–H groups in total. The average Bonchev–Trinajstić information content (AvgIpc) is 3.06. The normalized spacial score (nSPS) is 11.0. The van der Waals surface area contributed by atoms with Gasteiger partial charge in [-0.05, 0) is 31.5 Å². The molecule has 2 aromatic carbocycles. The molecule has 0 amide bonds. The second kappa shape index (κ2) is 6.48. The van der Waals surface area contributed by atoms with Crippen molar-refractivity contribution in [3.05, 3.63) is 81.8 Å². The maximum absolute atomic E-state index is 12.4. The van der Waals surface area contributed by atoms with Gasteiger partial charge in [0.25, 0.3) is 11.3 Å². The zero-order valence-corrected chi connectivity index (χ0v) is 14.7. The summed E-state index contributed by atoms with van der Waals surface area (Å²) in [6.07, 6.45) is 0. The number of H-pyrrole nitrogens is 1. The first kappa shape index (κ1) is 16.1. The fraction of sp³-hybridized carbons (Fsp3) is 0.150. The number of aromatic amines is 1. The van der Waals surface area contributed by atoms with Crippen molar-refractivity contribution in [3.63, 3.8) is 0 Å². The molecule has 0 aliphatic carbocycles. The number of benzene rings is 2. The molecule has 0 saturated heterocycles. The highest BCUT2D eigenvalue weighted by atomic mass is 16.1. The number of hydrogen-bond acceptors (Lipinski definition) is 4. The molecular weight excluding hydrogens is 326 g/mol. The Hall–Kier alpha value is -3.41. The minimum Gasteiger partial charge on any atom is -0.379 e. The van der Waals surface area contributed by atoms with Crippen molar-refractivity contribution in [1.82, 2.24) is 19.6 Å². The molecule has 0 saturated carbocycles. The molecule has 0 atom stereocenters. The molecule has 0 fully saturated rings. The maximum Gasteiger partial charge on any atom is 0.274 e. The van der Waals surface area contributed by atoms with Crippen LogP contribution in [0.4, 0.5) is 5.69 Å². The third kappa shape index (κ3) is 3.09. The number of hydrogen-bond donors (Lipinski definition) is 2. The summed E-state index contributed by atoms with van der Waals surface area (Å²) in [5.41, 5.74) is 4.70. The summed E-state index contributed by atoms with van der Waals surface area (Å²) in [5, 5.41) is 6.32. The van der Waals surface area contributed by atoms with Gasteiger partial charge in [-0.3, -0.25) is 9.89 Å². The molecule has 0 aliphatic heterocycles. The number of nitrogens with zero attached hydrogens (tertiary/aromatic N) is 3. The lowest BCUT2D eigenvalue weighted by Crippen LogP contribution is -2.17. The largest absolute Gasteiger partial charge is 0.379 e. The van der Waals surface area contributed by atoms with Crippen LogP contribution >= 0.6 is 0 Å². The Labute approximate surface area is 150 Å². The van der Waals surface area contributed by atoms with Gasteiger partial charge in [-0.2, -0.15) is 9.50 Å². The van der Waals surface area contributed by atoms with Crippen LogP contribution in [-0.2, 0) is 6.54 Å². The summed E-state index contributed by atoms with van der Waals surface area (Å²) >= 11 is 0. The maximum atomic E-state index is 12.4. The molecule has 2 aromatic heterocycles. The van der Waals surface area contributed by atoms with E-state index in [1.807, 2.05) is 62.4 Å². The molecule has 0 spiro atoms.